The van der Waals surface area contributed by atoms with Crippen molar-refractivity contribution in [2.45, 2.75) is 45.1 Å². The van der Waals surface area contributed by atoms with E-state index in [-0.39, 0.29) is 5.88 Å². The number of rotatable bonds is 9. The Morgan fingerprint density at radius 3 is 2.83 bits per heavy atom. The summed E-state index contributed by atoms with van der Waals surface area (Å²) in [6, 6.07) is 7.88. The molecule has 0 aliphatic rings. The number of hydrogen-bond acceptors (Lipinski definition) is 2. The minimum atomic E-state index is -0.480. The summed E-state index contributed by atoms with van der Waals surface area (Å²) >= 11 is 5.59. The predicted octanol–water partition coefficient (Wildman–Crippen LogP) is 3.79. The normalized spacial score (nSPS) is 12.4. The van der Waals surface area contributed by atoms with E-state index < -0.39 is 6.10 Å². The summed E-state index contributed by atoms with van der Waals surface area (Å²) in [5.41, 5.74) is 1.06. The molecule has 1 atom stereocenters. The van der Waals surface area contributed by atoms with Crippen LogP contribution in [-0.4, -0.2) is 23.7 Å². The van der Waals surface area contributed by atoms with Crippen LogP contribution in [0.4, 0.5) is 0 Å². The average molecular weight is 271 g/mol. The van der Waals surface area contributed by atoms with Crippen molar-refractivity contribution in [3.05, 3.63) is 29.8 Å². The quantitative estimate of drug-likeness (QED) is 0.546. The fourth-order valence-corrected chi connectivity index (χ4v) is 1.92. The van der Waals surface area contributed by atoms with E-state index in [1.54, 1.807) is 0 Å². The van der Waals surface area contributed by atoms with Crippen LogP contribution < -0.4 is 4.74 Å². The molecule has 0 amide bonds. The molecule has 2 nitrogen and oxygen atoms in total. The Balaban J connectivity index is 2.35. The van der Waals surface area contributed by atoms with Crippen LogP contribution in [0.3, 0.4) is 0 Å². The van der Waals surface area contributed by atoms with Crippen molar-refractivity contribution in [2.24, 2.45) is 0 Å². The molecule has 0 unspecified atom stereocenters. The highest BCUT2D eigenvalue weighted by Gasteiger charge is 2.04. The second-order valence-electron chi connectivity index (χ2n) is 4.57. The van der Waals surface area contributed by atoms with Gasteiger partial charge in [-0.25, -0.2) is 0 Å². The molecule has 3 heteroatoms. The lowest BCUT2D eigenvalue weighted by atomic mass is 10.1. The van der Waals surface area contributed by atoms with Gasteiger partial charge in [-0.15, -0.1) is 11.6 Å². The molecule has 0 aliphatic carbocycles. The second kappa shape index (κ2) is 9.23. The standard InChI is InChI=1S/C15H23ClO2/c1-2-3-4-5-9-18-15-8-6-7-13(11-15)10-14(17)12-16/h6-8,11,14,17H,2-5,9-10,12H2,1H3/t14-/m0/s1. The maximum atomic E-state index is 9.50. The van der Waals surface area contributed by atoms with Crippen LogP contribution in [0.15, 0.2) is 24.3 Å². The summed E-state index contributed by atoms with van der Waals surface area (Å²) in [6.07, 6.45) is 4.93. The van der Waals surface area contributed by atoms with Gasteiger partial charge < -0.3 is 9.84 Å². The maximum Gasteiger partial charge on any atom is 0.119 e. The van der Waals surface area contributed by atoms with E-state index in [0.29, 0.717) is 6.42 Å². The first-order valence-electron chi connectivity index (χ1n) is 6.72. The maximum absolute atomic E-state index is 9.50. The lowest BCUT2D eigenvalue weighted by Crippen LogP contribution is -2.11. The van der Waals surface area contributed by atoms with Gasteiger partial charge in [-0.1, -0.05) is 38.3 Å². The molecule has 0 radical (unpaired) electrons. The molecule has 18 heavy (non-hydrogen) atoms. The minimum Gasteiger partial charge on any atom is -0.494 e. The number of ether oxygens (including phenoxy) is 1. The highest BCUT2D eigenvalue weighted by molar-refractivity contribution is 6.18. The van der Waals surface area contributed by atoms with Crippen molar-refractivity contribution in [1.29, 1.82) is 0 Å². The van der Waals surface area contributed by atoms with Gasteiger partial charge in [0.05, 0.1) is 12.7 Å². The van der Waals surface area contributed by atoms with Gasteiger partial charge in [-0.2, -0.15) is 0 Å². The number of hydrogen-bond donors (Lipinski definition) is 1. The van der Waals surface area contributed by atoms with E-state index >= 15 is 0 Å². The average Bonchev–Trinajstić information content (AvgIpc) is 2.39. The molecule has 0 fully saturated rings. The van der Waals surface area contributed by atoms with Gasteiger partial charge in [0, 0.05) is 5.88 Å². The summed E-state index contributed by atoms with van der Waals surface area (Å²) in [5, 5.41) is 9.50. The number of unbranched alkanes of at least 4 members (excludes halogenated alkanes) is 3. The number of halogens is 1. The van der Waals surface area contributed by atoms with Crippen molar-refractivity contribution in [3.63, 3.8) is 0 Å². The van der Waals surface area contributed by atoms with E-state index in [1.807, 2.05) is 24.3 Å². The molecule has 102 valence electrons. The fourth-order valence-electron chi connectivity index (χ4n) is 1.81. The molecule has 0 saturated heterocycles. The Hall–Kier alpha value is -0.730. The molecule has 1 N–H and O–H groups in total. The Kier molecular flexibility index (Phi) is 7.86. The summed E-state index contributed by atoms with van der Waals surface area (Å²) in [5.74, 6) is 1.15. The zero-order valence-corrected chi connectivity index (χ0v) is 11.8. The molecule has 0 saturated carbocycles. The SMILES string of the molecule is CCCCCCOc1cccc(C[C@H](O)CCl)c1. The van der Waals surface area contributed by atoms with Gasteiger partial charge in [-0.05, 0) is 30.5 Å². The van der Waals surface area contributed by atoms with Crippen molar-refractivity contribution in [3.8, 4) is 5.75 Å². The Bertz CT molecular complexity index is 328. The Morgan fingerprint density at radius 1 is 1.28 bits per heavy atom. The smallest absolute Gasteiger partial charge is 0.119 e. The number of aliphatic hydroxyl groups excluding tert-OH is 1. The van der Waals surface area contributed by atoms with E-state index in [1.165, 1.54) is 19.3 Å². The second-order valence-corrected chi connectivity index (χ2v) is 4.88. The summed E-state index contributed by atoms with van der Waals surface area (Å²) in [7, 11) is 0. The zero-order chi connectivity index (χ0) is 13.2. The van der Waals surface area contributed by atoms with Crippen LogP contribution in [0.25, 0.3) is 0 Å². The fraction of sp³-hybridized carbons (Fsp3) is 0.600. The van der Waals surface area contributed by atoms with E-state index in [4.69, 9.17) is 16.3 Å². The van der Waals surface area contributed by atoms with Crippen molar-refractivity contribution >= 4 is 11.6 Å². The third-order valence-corrected chi connectivity index (χ3v) is 3.17. The van der Waals surface area contributed by atoms with Crippen LogP contribution in [0, 0.1) is 0 Å². The van der Waals surface area contributed by atoms with Crippen LogP contribution in [0.5, 0.6) is 5.75 Å². The summed E-state index contributed by atoms with van der Waals surface area (Å²) in [4.78, 5) is 0. The van der Waals surface area contributed by atoms with Crippen LogP contribution in [-0.2, 0) is 6.42 Å². The van der Waals surface area contributed by atoms with Gasteiger partial charge in [0.1, 0.15) is 5.75 Å². The first-order chi connectivity index (χ1) is 8.76. The monoisotopic (exact) mass is 270 g/mol. The third-order valence-electron chi connectivity index (χ3n) is 2.81. The molecule has 0 aliphatic heterocycles. The summed E-state index contributed by atoms with van der Waals surface area (Å²) in [6.45, 7) is 2.97. The predicted molar refractivity (Wildman–Crippen MR) is 76.5 cm³/mol. The highest BCUT2D eigenvalue weighted by atomic mass is 35.5. The van der Waals surface area contributed by atoms with Crippen molar-refractivity contribution in [1.82, 2.24) is 0 Å². The first kappa shape index (κ1) is 15.3. The largest absolute Gasteiger partial charge is 0.494 e. The number of alkyl halides is 1. The van der Waals surface area contributed by atoms with Gasteiger partial charge in [-0.3, -0.25) is 0 Å². The zero-order valence-electron chi connectivity index (χ0n) is 11.1. The van der Waals surface area contributed by atoms with Crippen LogP contribution in [0.2, 0.25) is 0 Å². The Labute approximate surface area is 115 Å². The number of benzene rings is 1. The van der Waals surface area contributed by atoms with Crippen molar-refractivity contribution < 1.29 is 9.84 Å². The van der Waals surface area contributed by atoms with Gasteiger partial charge in [0.15, 0.2) is 0 Å². The minimum absolute atomic E-state index is 0.266. The lowest BCUT2D eigenvalue weighted by Gasteiger charge is -2.10. The molecule has 1 aromatic rings. The van der Waals surface area contributed by atoms with Crippen LogP contribution in [0.1, 0.15) is 38.2 Å². The van der Waals surface area contributed by atoms with Gasteiger partial charge >= 0.3 is 0 Å². The molecule has 0 aromatic heterocycles. The molecule has 0 bridgehead atoms. The molecule has 1 rings (SSSR count). The van der Waals surface area contributed by atoms with E-state index in [2.05, 4.69) is 6.92 Å². The van der Waals surface area contributed by atoms with E-state index in [0.717, 1.165) is 24.3 Å². The highest BCUT2D eigenvalue weighted by Crippen LogP contribution is 2.15. The molecule has 0 heterocycles. The third kappa shape index (κ3) is 6.27. The molecular formula is C15H23ClO2. The van der Waals surface area contributed by atoms with Gasteiger partial charge in [0.25, 0.3) is 0 Å². The molecular weight excluding hydrogens is 248 g/mol. The molecule has 1 aromatic carbocycles. The van der Waals surface area contributed by atoms with Gasteiger partial charge in [0.2, 0.25) is 0 Å². The first-order valence-corrected chi connectivity index (χ1v) is 7.25. The topological polar surface area (TPSA) is 29.5 Å². The van der Waals surface area contributed by atoms with Crippen LogP contribution >= 0.6 is 11.6 Å². The van der Waals surface area contributed by atoms with E-state index in [9.17, 15) is 5.11 Å². The Morgan fingerprint density at radius 2 is 2.11 bits per heavy atom. The lowest BCUT2D eigenvalue weighted by molar-refractivity contribution is 0.198. The summed E-state index contributed by atoms with van der Waals surface area (Å²) < 4.78 is 5.69. The van der Waals surface area contributed by atoms with Crippen molar-refractivity contribution in [2.75, 3.05) is 12.5 Å². The molecule has 0 spiro atoms. The number of aliphatic hydroxyl groups is 1.